The Labute approximate surface area is 144 Å². The van der Waals surface area contributed by atoms with Gasteiger partial charge in [0.15, 0.2) is 0 Å². The van der Waals surface area contributed by atoms with Crippen molar-refractivity contribution >= 4 is 5.91 Å². The van der Waals surface area contributed by atoms with Gasteiger partial charge in [-0.1, -0.05) is 42.0 Å². The summed E-state index contributed by atoms with van der Waals surface area (Å²) in [5.74, 6) is 1.07. The van der Waals surface area contributed by atoms with Crippen LogP contribution in [0.1, 0.15) is 48.8 Å². The number of piperidine rings is 1. The summed E-state index contributed by atoms with van der Waals surface area (Å²) in [5.41, 5.74) is 3.32. The Balaban J connectivity index is 1.91. The van der Waals surface area contributed by atoms with Gasteiger partial charge in [0.2, 0.25) is 5.91 Å². The number of aryl methyl sites for hydroxylation is 1. The molecule has 1 amide bonds. The van der Waals surface area contributed by atoms with Crippen molar-refractivity contribution in [3.8, 4) is 5.75 Å². The number of hydrogen-bond acceptors (Lipinski definition) is 2. The van der Waals surface area contributed by atoms with Gasteiger partial charge in [0.1, 0.15) is 5.75 Å². The molecular weight excluding hydrogens is 298 g/mol. The fourth-order valence-electron chi connectivity index (χ4n) is 3.60. The third-order valence-corrected chi connectivity index (χ3v) is 5.10. The molecule has 1 aliphatic heterocycles. The first-order valence-corrected chi connectivity index (χ1v) is 8.43. The summed E-state index contributed by atoms with van der Waals surface area (Å²) in [5, 5.41) is 3.23. The lowest BCUT2D eigenvalue weighted by molar-refractivity contribution is -0.127. The first kappa shape index (κ1) is 16.6. The molecule has 0 aliphatic carbocycles. The van der Waals surface area contributed by atoms with Gasteiger partial charge >= 0.3 is 0 Å². The van der Waals surface area contributed by atoms with E-state index >= 15 is 0 Å². The number of rotatable bonds is 3. The molecule has 0 aromatic heterocycles. The molecular formula is C21H25NO2. The van der Waals surface area contributed by atoms with Crippen molar-refractivity contribution in [1.82, 2.24) is 5.32 Å². The van der Waals surface area contributed by atoms with Crippen molar-refractivity contribution < 1.29 is 9.53 Å². The van der Waals surface area contributed by atoms with Gasteiger partial charge in [-0.2, -0.15) is 0 Å². The highest BCUT2D eigenvalue weighted by molar-refractivity contribution is 5.85. The number of methoxy groups -OCH3 is 1. The Hall–Kier alpha value is -2.29. The van der Waals surface area contributed by atoms with Crippen molar-refractivity contribution in [2.75, 3.05) is 7.11 Å². The second kappa shape index (κ2) is 6.31. The topological polar surface area (TPSA) is 38.3 Å². The molecule has 1 fully saturated rings. The number of benzene rings is 2. The molecule has 0 spiro atoms. The molecule has 2 aromatic carbocycles. The molecule has 0 saturated carbocycles. The zero-order valence-electron chi connectivity index (χ0n) is 14.8. The summed E-state index contributed by atoms with van der Waals surface area (Å²) in [6.45, 7) is 6.32. The minimum Gasteiger partial charge on any atom is -0.497 e. The van der Waals surface area contributed by atoms with E-state index in [1.807, 2.05) is 24.3 Å². The normalized spacial score (nSPS) is 22.8. The van der Waals surface area contributed by atoms with Gasteiger partial charge in [-0.25, -0.2) is 0 Å². The second-order valence-corrected chi connectivity index (χ2v) is 7.24. The monoisotopic (exact) mass is 323 g/mol. The van der Waals surface area contributed by atoms with Gasteiger partial charge in [-0.15, -0.1) is 0 Å². The van der Waals surface area contributed by atoms with Crippen molar-refractivity contribution in [2.45, 2.75) is 44.6 Å². The second-order valence-electron chi connectivity index (χ2n) is 7.24. The average molecular weight is 323 g/mol. The van der Waals surface area contributed by atoms with Gasteiger partial charge in [-0.3, -0.25) is 4.79 Å². The maximum atomic E-state index is 12.7. The standard InChI is InChI=1S/C21H25NO2/c1-14-5-7-16(8-6-14)19-13-18(20(23)22-21(19,2)3)15-9-11-17(24-4)12-10-15/h5-12,18-19H,13H2,1-4H3,(H,22,23). The number of ether oxygens (including phenoxy) is 1. The molecule has 3 heteroatoms. The summed E-state index contributed by atoms with van der Waals surface area (Å²) >= 11 is 0. The number of carbonyl (C=O) groups excluding carboxylic acids is 1. The third-order valence-electron chi connectivity index (χ3n) is 5.10. The van der Waals surface area contributed by atoms with Crippen LogP contribution in [0.4, 0.5) is 0 Å². The first-order valence-electron chi connectivity index (χ1n) is 8.43. The summed E-state index contributed by atoms with van der Waals surface area (Å²) < 4.78 is 5.22. The van der Waals surface area contributed by atoms with Crippen LogP contribution in [-0.2, 0) is 4.79 Å². The van der Waals surface area contributed by atoms with E-state index in [-0.39, 0.29) is 23.3 Å². The Morgan fingerprint density at radius 3 is 2.17 bits per heavy atom. The predicted octanol–water partition coefficient (Wildman–Crippen LogP) is 4.17. The fourth-order valence-corrected chi connectivity index (χ4v) is 3.60. The molecule has 0 bridgehead atoms. The highest BCUT2D eigenvalue weighted by Crippen LogP contribution is 2.41. The van der Waals surface area contributed by atoms with E-state index in [0.717, 1.165) is 17.7 Å². The zero-order valence-corrected chi connectivity index (χ0v) is 14.8. The van der Waals surface area contributed by atoms with E-state index in [1.165, 1.54) is 11.1 Å². The quantitative estimate of drug-likeness (QED) is 0.920. The third kappa shape index (κ3) is 3.16. The van der Waals surface area contributed by atoms with Crippen LogP contribution in [-0.4, -0.2) is 18.6 Å². The van der Waals surface area contributed by atoms with E-state index in [9.17, 15) is 4.79 Å². The van der Waals surface area contributed by atoms with Crippen molar-refractivity contribution in [3.05, 3.63) is 65.2 Å². The van der Waals surface area contributed by atoms with E-state index in [4.69, 9.17) is 4.74 Å². The van der Waals surface area contributed by atoms with Gasteiger partial charge < -0.3 is 10.1 Å². The molecule has 0 radical (unpaired) electrons. The molecule has 3 rings (SSSR count). The van der Waals surface area contributed by atoms with Crippen LogP contribution in [0.15, 0.2) is 48.5 Å². The van der Waals surface area contributed by atoms with Crippen molar-refractivity contribution in [1.29, 1.82) is 0 Å². The van der Waals surface area contributed by atoms with Crippen LogP contribution in [0, 0.1) is 6.92 Å². The van der Waals surface area contributed by atoms with Gasteiger partial charge in [0.25, 0.3) is 0 Å². The molecule has 24 heavy (non-hydrogen) atoms. The maximum absolute atomic E-state index is 12.7. The van der Waals surface area contributed by atoms with Crippen LogP contribution in [0.2, 0.25) is 0 Å². The minimum atomic E-state index is -0.255. The molecule has 1 N–H and O–H groups in total. The molecule has 2 atom stereocenters. The van der Waals surface area contributed by atoms with E-state index in [2.05, 4.69) is 50.4 Å². The highest BCUT2D eigenvalue weighted by atomic mass is 16.5. The smallest absolute Gasteiger partial charge is 0.227 e. The van der Waals surface area contributed by atoms with Crippen molar-refractivity contribution in [2.24, 2.45) is 0 Å². The number of carbonyl (C=O) groups is 1. The molecule has 2 unspecified atom stereocenters. The lowest BCUT2D eigenvalue weighted by atomic mass is 9.71. The Bertz CT molecular complexity index is 717. The Morgan fingerprint density at radius 1 is 1.00 bits per heavy atom. The largest absolute Gasteiger partial charge is 0.497 e. The molecule has 126 valence electrons. The van der Waals surface area contributed by atoms with Crippen LogP contribution in [0.25, 0.3) is 0 Å². The van der Waals surface area contributed by atoms with Gasteiger partial charge in [0.05, 0.1) is 13.0 Å². The summed E-state index contributed by atoms with van der Waals surface area (Å²) in [6.07, 6.45) is 0.814. The Kier molecular flexibility index (Phi) is 4.35. The molecule has 1 saturated heterocycles. The SMILES string of the molecule is COc1ccc(C2CC(c3ccc(C)cc3)C(C)(C)NC2=O)cc1. The van der Waals surface area contributed by atoms with E-state index < -0.39 is 0 Å². The van der Waals surface area contributed by atoms with Crippen LogP contribution >= 0.6 is 0 Å². The zero-order chi connectivity index (χ0) is 17.3. The molecule has 1 heterocycles. The summed E-state index contributed by atoms with van der Waals surface area (Å²) in [4.78, 5) is 12.7. The maximum Gasteiger partial charge on any atom is 0.227 e. The number of amides is 1. The first-order chi connectivity index (χ1) is 11.4. The molecule has 3 nitrogen and oxygen atoms in total. The summed E-state index contributed by atoms with van der Waals surface area (Å²) in [7, 11) is 1.65. The number of nitrogens with one attached hydrogen (secondary N) is 1. The van der Waals surface area contributed by atoms with Crippen LogP contribution in [0.5, 0.6) is 5.75 Å². The van der Waals surface area contributed by atoms with E-state index in [1.54, 1.807) is 7.11 Å². The highest BCUT2D eigenvalue weighted by Gasteiger charge is 2.41. The Morgan fingerprint density at radius 2 is 1.58 bits per heavy atom. The van der Waals surface area contributed by atoms with Crippen LogP contribution < -0.4 is 10.1 Å². The van der Waals surface area contributed by atoms with Gasteiger partial charge in [0, 0.05) is 11.5 Å². The van der Waals surface area contributed by atoms with Gasteiger partial charge in [-0.05, 0) is 50.5 Å². The molecule has 1 aliphatic rings. The fraction of sp³-hybridized carbons (Fsp3) is 0.381. The number of hydrogen-bond donors (Lipinski definition) is 1. The van der Waals surface area contributed by atoms with E-state index in [0.29, 0.717) is 0 Å². The summed E-state index contributed by atoms with van der Waals surface area (Å²) in [6, 6.07) is 16.5. The van der Waals surface area contributed by atoms with Crippen molar-refractivity contribution in [3.63, 3.8) is 0 Å². The predicted molar refractivity (Wildman–Crippen MR) is 96.5 cm³/mol. The lowest BCUT2D eigenvalue weighted by Gasteiger charge is -2.43. The average Bonchev–Trinajstić information content (AvgIpc) is 2.56. The molecule has 2 aromatic rings. The van der Waals surface area contributed by atoms with Crippen LogP contribution in [0.3, 0.4) is 0 Å². The lowest BCUT2D eigenvalue weighted by Crippen LogP contribution is -2.54. The minimum absolute atomic E-state index is 0.105.